The van der Waals surface area contributed by atoms with Crippen molar-refractivity contribution in [2.24, 2.45) is 5.41 Å². The first-order chi connectivity index (χ1) is 8.70. The molecule has 0 spiro atoms. The zero-order chi connectivity index (χ0) is 14.3. The molecule has 0 heterocycles. The van der Waals surface area contributed by atoms with Gasteiger partial charge in [0.2, 0.25) is 10.0 Å². The van der Waals surface area contributed by atoms with Crippen molar-refractivity contribution in [3.8, 4) is 0 Å². The minimum Gasteiger partial charge on any atom is -0.208 e. The number of rotatable bonds is 3. The Morgan fingerprint density at radius 1 is 1.26 bits per heavy atom. The van der Waals surface area contributed by atoms with Crippen LogP contribution in [-0.4, -0.2) is 14.5 Å². The molecule has 1 aliphatic carbocycles. The molecule has 1 aliphatic rings. The van der Waals surface area contributed by atoms with Crippen LogP contribution in [-0.2, 0) is 10.0 Å². The van der Waals surface area contributed by atoms with Crippen molar-refractivity contribution in [2.75, 3.05) is 0 Å². The van der Waals surface area contributed by atoms with E-state index in [1.807, 2.05) is 0 Å². The van der Waals surface area contributed by atoms with Gasteiger partial charge in [0.15, 0.2) is 0 Å². The van der Waals surface area contributed by atoms with E-state index in [2.05, 4.69) is 18.6 Å². The summed E-state index contributed by atoms with van der Waals surface area (Å²) in [5.74, 6) is 0. The number of sulfonamides is 1. The molecule has 1 N–H and O–H groups in total. The lowest BCUT2D eigenvalue weighted by Crippen LogP contribution is -2.33. The highest BCUT2D eigenvalue weighted by molar-refractivity contribution is 7.89. The topological polar surface area (TPSA) is 46.2 Å². The molecule has 0 saturated heterocycles. The fourth-order valence-corrected chi connectivity index (χ4v) is 4.13. The average molecular weight is 322 g/mol. The van der Waals surface area contributed by atoms with Crippen LogP contribution in [0.1, 0.15) is 33.1 Å². The summed E-state index contributed by atoms with van der Waals surface area (Å²) in [7, 11) is -3.53. The Morgan fingerprint density at radius 3 is 2.47 bits per heavy atom. The van der Waals surface area contributed by atoms with Gasteiger partial charge in [-0.2, -0.15) is 0 Å². The molecule has 0 bridgehead atoms. The van der Waals surface area contributed by atoms with E-state index in [4.69, 9.17) is 23.2 Å². The molecule has 6 heteroatoms. The Morgan fingerprint density at radius 2 is 1.95 bits per heavy atom. The molecule has 1 aromatic carbocycles. The van der Waals surface area contributed by atoms with Gasteiger partial charge in [0.05, 0.1) is 14.9 Å². The maximum Gasteiger partial charge on any atom is 0.240 e. The molecule has 0 radical (unpaired) electrons. The zero-order valence-corrected chi connectivity index (χ0v) is 13.2. The Bertz CT molecular complexity index is 584. The molecule has 0 aliphatic heterocycles. The Balaban J connectivity index is 2.17. The van der Waals surface area contributed by atoms with Crippen molar-refractivity contribution in [2.45, 2.75) is 44.0 Å². The molecule has 1 saturated carbocycles. The van der Waals surface area contributed by atoms with Crippen LogP contribution in [0.4, 0.5) is 0 Å². The fraction of sp³-hybridized carbons (Fsp3) is 0.538. The van der Waals surface area contributed by atoms with Gasteiger partial charge in [-0.05, 0) is 42.9 Å². The third-order valence-electron chi connectivity index (χ3n) is 3.49. The van der Waals surface area contributed by atoms with Crippen LogP contribution in [0.2, 0.25) is 10.0 Å². The molecule has 0 amide bonds. The maximum absolute atomic E-state index is 12.2. The summed E-state index contributed by atoms with van der Waals surface area (Å²) < 4.78 is 27.2. The van der Waals surface area contributed by atoms with Gasteiger partial charge in [-0.1, -0.05) is 37.0 Å². The lowest BCUT2D eigenvalue weighted by molar-refractivity contribution is 0.372. The fourth-order valence-electron chi connectivity index (χ4n) is 2.47. The number of hydrogen-bond donors (Lipinski definition) is 1. The second-order valence-electron chi connectivity index (χ2n) is 5.80. The van der Waals surface area contributed by atoms with Crippen molar-refractivity contribution in [3.05, 3.63) is 28.2 Å². The van der Waals surface area contributed by atoms with Crippen molar-refractivity contribution in [1.29, 1.82) is 0 Å². The second-order valence-corrected chi connectivity index (χ2v) is 8.33. The first-order valence-electron chi connectivity index (χ1n) is 6.17. The van der Waals surface area contributed by atoms with E-state index in [1.165, 1.54) is 18.2 Å². The summed E-state index contributed by atoms with van der Waals surface area (Å²) in [6, 6.07) is 4.34. The minimum atomic E-state index is -3.53. The third-order valence-corrected chi connectivity index (χ3v) is 5.75. The van der Waals surface area contributed by atoms with Crippen LogP contribution >= 0.6 is 23.2 Å². The smallest absolute Gasteiger partial charge is 0.208 e. The Labute approximate surface area is 124 Å². The monoisotopic (exact) mass is 321 g/mol. The molecular formula is C13H17Cl2NO2S. The molecular weight excluding hydrogens is 305 g/mol. The van der Waals surface area contributed by atoms with Gasteiger partial charge < -0.3 is 0 Å². The summed E-state index contributed by atoms with van der Waals surface area (Å²) in [5, 5.41) is 0.596. The van der Waals surface area contributed by atoms with Crippen molar-refractivity contribution < 1.29 is 8.42 Å². The first kappa shape index (κ1) is 15.1. The van der Waals surface area contributed by atoms with Crippen LogP contribution in [0.5, 0.6) is 0 Å². The second kappa shape index (κ2) is 5.24. The predicted molar refractivity (Wildman–Crippen MR) is 78.2 cm³/mol. The van der Waals surface area contributed by atoms with Gasteiger partial charge in [0.25, 0.3) is 0 Å². The van der Waals surface area contributed by atoms with Crippen LogP contribution in [0.3, 0.4) is 0 Å². The van der Waals surface area contributed by atoms with Gasteiger partial charge in [-0.15, -0.1) is 0 Å². The predicted octanol–water partition coefficient (Wildman–Crippen LogP) is 3.85. The van der Waals surface area contributed by atoms with Crippen LogP contribution < -0.4 is 4.72 Å². The van der Waals surface area contributed by atoms with Gasteiger partial charge in [-0.3, -0.25) is 0 Å². The SMILES string of the molecule is CC1(C)CCC(NS(=O)(=O)c2ccc(Cl)c(Cl)c2)C1. The average Bonchev–Trinajstić information content (AvgIpc) is 2.61. The number of halogens is 2. The molecule has 19 heavy (non-hydrogen) atoms. The van der Waals surface area contributed by atoms with Crippen molar-refractivity contribution in [1.82, 2.24) is 4.72 Å². The Kier molecular flexibility index (Phi) is 4.17. The van der Waals surface area contributed by atoms with E-state index >= 15 is 0 Å². The van der Waals surface area contributed by atoms with E-state index in [1.54, 1.807) is 0 Å². The number of benzene rings is 1. The maximum atomic E-state index is 12.2. The third kappa shape index (κ3) is 3.63. The first-order valence-corrected chi connectivity index (χ1v) is 8.41. The number of hydrogen-bond acceptors (Lipinski definition) is 2. The minimum absolute atomic E-state index is 0.00514. The summed E-state index contributed by atoms with van der Waals surface area (Å²) in [6.07, 6.45) is 2.75. The summed E-state index contributed by atoms with van der Waals surface area (Å²) in [4.78, 5) is 0.159. The molecule has 1 atom stereocenters. The lowest BCUT2D eigenvalue weighted by atomic mass is 9.92. The lowest BCUT2D eigenvalue weighted by Gasteiger charge is -2.18. The molecule has 1 aromatic rings. The number of nitrogens with one attached hydrogen (secondary N) is 1. The molecule has 106 valence electrons. The Hall–Kier alpha value is -0.290. The molecule has 2 rings (SSSR count). The highest BCUT2D eigenvalue weighted by Crippen LogP contribution is 2.37. The normalized spacial score (nSPS) is 22.6. The van der Waals surface area contributed by atoms with Gasteiger partial charge in [0.1, 0.15) is 0 Å². The van der Waals surface area contributed by atoms with E-state index in [0.717, 1.165) is 19.3 Å². The standard InChI is InChI=1S/C13H17Cl2NO2S/c1-13(2)6-5-9(8-13)16-19(17,18)10-3-4-11(14)12(15)7-10/h3-4,7,9,16H,5-6,8H2,1-2H3. The summed E-state index contributed by atoms with van der Waals surface area (Å²) in [5.41, 5.74) is 0.199. The van der Waals surface area contributed by atoms with Crippen LogP contribution in [0.15, 0.2) is 23.1 Å². The van der Waals surface area contributed by atoms with Crippen LogP contribution in [0, 0.1) is 5.41 Å². The van der Waals surface area contributed by atoms with Crippen molar-refractivity contribution in [3.63, 3.8) is 0 Å². The molecule has 0 aromatic heterocycles. The van der Waals surface area contributed by atoms with Gasteiger partial charge >= 0.3 is 0 Å². The highest BCUT2D eigenvalue weighted by atomic mass is 35.5. The summed E-state index contributed by atoms with van der Waals surface area (Å²) in [6.45, 7) is 4.31. The van der Waals surface area contributed by atoms with Crippen LogP contribution in [0.25, 0.3) is 0 Å². The zero-order valence-electron chi connectivity index (χ0n) is 10.9. The molecule has 3 nitrogen and oxygen atoms in total. The van der Waals surface area contributed by atoms with Gasteiger partial charge in [0, 0.05) is 6.04 Å². The van der Waals surface area contributed by atoms with E-state index < -0.39 is 10.0 Å². The molecule has 1 unspecified atom stereocenters. The van der Waals surface area contributed by atoms with E-state index in [-0.39, 0.29) is 21.4 Å². The quantitative estimate of drug-likeness (QED) is 0.919. The van der Waals surface area contributed by atoms with E-state index in [9.17, 15) is 8.42 Å². The van der Waals surface area contributed by atoms with Gasteiger partial charge in [-0.25, -0.2) is 13.1 Å². The summed E-state index contributed by atoms with van der Waals surface area (Å²) >= 11 is 11.6. The molecule has 1 fully saturated rings. The van der Waals surface area contributed by atoms with E-state index in [0.29, 0.717) is 5.02 Å². The largest absolute Gasteiger partial charge is 0.240 e. The highest BCUT2D eigenvalue weighted by Gasteiger charge is 2.33. The van der Waals surface area contributed by atoms with Crippen molar-refractivity contribution >= 4 is 33.2 Å².